The first-order valence-electron chi connectivity index (χ1n) is 19.2. The zero-order valence-electron chi connectivity index (χ0n) is 33.7. The molecule has 0 spiro atoms. The second-order valence-corrected chi connectivity index (χ2v) is 12.4. The minimum Gasteiger partial charge on any atom is -0.481 e. The van der Waals surface area contributed by atoms with Crippen molar-refractivity contribution in [1.29, 1.82) is 0 Å². The number of carboxylic acid groups (broad SMARTS) is 4. The summed E-state index contributed by atoms with van der Waals surface area (Å²) < 4.78 is 0. The van der Waals surface area contributed by atoms with E-state index in [9.17, 15) is 19.2 Å². The molecule has 0 heterocycles. The number of unbranched alkanes of at least 4 members (excludes halogenated alkanes) is 4. The molecule has 0 radical (unpaired) electrons. The van der Waals surface area contributed by atoms with Crippen LogP contribution in [0.1, 0.15) is 158 Å². The summed E-state index contributed by atoms with van der Waals surface area (Å²) in [7, 11) is 0. The van der Waals surface area contributed by atoms with Gasteiger partial charge in [-0.15, -0.1) is 0 Å². The molecule has 0 bridgehead atoms. The third kappa shape index (κ3) is 49.8. The Morgan fingerprint density at radius 3 is 0.577 bits per heavy atom. The summed E-state index contributed by atoms with van der Waals surface area (Å²) >= 11 is 0. The predicted molar refractivity (Wildman–Crippen MR) is 204 cm³/mol. The number of hydrogen-bond acceptors (Lipinski definition) is 10. The highest BCUT2D eigenvalue weighted by Crippen LogP contribution is 2.14. The molecule has 0 aliphatic rings. The van der Waals surface area contributed by atoms with Gasteiger partial charge in [-0.3, -0.25) is 19.2 Å². The Morgan fingerprint density at radius 1 is 0.365 bits per heavy atom. The summed E-state index contributed by atoms with van der Waals surface area (Å²) in [5.74, 6) is -3.02. The van der Waals surface area contributed by atoms with Gasteiger partial charge in [0.1, 0.15) is 12.2 Å². The maximum Gasteiger partial charge on any atom is 0.306 e. The first-order chi connectivity index (χ1) is 24.5. The van der Waals surface area contributed by atoms with Crippen LogP contribution in [-0.4, -0.2) is 114 Å². The van der Waals surface area contributed by atoms with Crippen molar-refractivity contribution in [1.82, 2.24) is 0 Å². The van der Waals surface area contributed by atoms with Crippen molar-refractivity contribution in [3.05, 3.63) is 0 Å². The van der Waals surface area contributed by atoms with E-state index in [-0.39, 0.29) is 50.1 Å². The molecule has 0 saturated carbocycles. The topological polar surface area (TPSA) is 271 Å². The smallest absolute Gasteiger partial charge is 0.306 e. The second kappa shape index (κ2) is 48.6. The van der Waals surface area contributed by atoms with Crippen LogP contribution < -0.4 is 0 Å². The molecular weight excluding hydrogens is 680 g/mol. The van der Waals surface area contributed by atoms with Crippen molar-refractivity contribution in [2.75, 3.05) is 26.4 Å². The highest BCUT2D eigenvalue weighted by atomic mass is 16.4. The van der Waals surface area contributed by atoms with E-state index in [1.165, 1.54) is 0 Å². The predicted octanol–water partition coefficient (Wildman–Crippen LogP) is 5.81. The standard InChI is InChI=1S/4C8H16O2.2C3H8O3/c4*1-3-5-6-7(4-2)8(9)10;2*4-1-3(6)2-5/h4*7H,3-6H2,1-2H3,(H,9,10);2*3-6H,1-2H2. The van der Waals surface area contributed by atoms with Gasteiger partial charge in [0, 0.05) is 0 Å². The zero-order chi connectivity index (χ0) is 41.9. The Bertz CT molecular complexity index is 644. The molecule has 0 fully saturated rings. The van der Waals surface area contributed by atoms with Crippen LogP contribution >= 0.6 is 0 Å². The van der Waals surface area contributed by atoms with Crippen LogP contribution in [0.25, 0.3) is 0 Å². The molecule has 14 nitrogen and oxygen atoms in total. The lowest BCUT2D eigenvalue weighted by Crippen LogP contribution is -2.15. The molecule has 0 aliphatic heterocycles. The Balaban J connectivity index is -0.000000124. The average molecular weight is 761 g/mol. The summed E-state index contributed by atoms with van der Waals surface area (Å²) in [5.41, 5.74) is 0. The maximum atomic E-state index is 10.4. The highest BCUT2D eigenvalue weighted by molar-refractivity contribution is 5.70. The van der Waals surface area contributed by atoms with E-state index < -0.39 is 36.1 Å². The maximum absolute atomic E-state index is 10.4. The summed E-state index contributed by atoms with van der Waals surface area (Å²) in [6.45, 7) is 14.6. The van der Waals surface area contributed by atoms with Gasteiger partial charge in [-0.1, -0.05) is 107 Å². The molecule has 0 rings (SSSR count). The fourth-order valence-electron chi connectivity index (χ4n) is 3.93. The lowest BCUT2D eigenvalue weighted by atomic mass is 10.00. The molecule has 0 aromatic heterocycles. The van der Waals surface area contributed by atoms with Crippen molar-refractivity contribution in [2.45, 2.75) is 170 Å². The first-order valence-corrected chi connectivity index (χ1v) is 19.2. The summed E-state index contributed by atoms with van der Waals surface area (Å²) in [5, 5.41) is 82.4. The number of aliphatic hydroxyl groups excluding tert-OH is 6. The van der Waals surface area contributed by atoms with Crippen molar-refractivity contribution >= 4 is 23.9 Å². The number of hydrogen-bond donors (Lipinski definition) is 10. The molecule has 0 aliphatic carbocycles. The van der Waals surface area contributed by atoms with Crippen LogP contribution in [0.3, 0.4) is 0 Å². The fourth-order valence-corrected chi connectivity index (χ4v) is 3.93. The van der Waals surface area contributed by atoms with E-state index in [0.717, 1.165) is 103 Å². The number of aliphatic carboxylic acids is 4. The Morgan fingerprint density at radius 2 is 0.519 bits per heavy atom. The van der Waals surface area contributed by atoms with E-state index in [0.29, 0.717) is 0 Å². The molecule has 316 valence electrons. The Labute approximate surface area is 314 Å². The minimum atomic E-state index is -0.954. The molecule has 14 heteroatoms. The summed E-state index contributed by atoms with van der Waals surface area (Å²) in [4.78, 5) is 41.7. The average Bonchev–Trinajstić information content (AvgIpc) is 3.13. The monoisotopic (exact) mass is 761 g/mol. The SMILES string of the molecule is CCCCC(CC)C(=O)O.CCCCC(CC)C(=O)O.CCCCC(CC)C(=O)O.CCCCC(CC)C(=O)O.OCC(O)CO.OCC(O)CO. The van der Waals surface area contributed by atoms with Crippen LogP contribution in [0, 0.1) is 23.7 Å². The van der Waals surface area contributed by atoms with Crippen LogP contribution in [0.15, 0.2) is 0 Å². The van der Waals surface area contributed by atoms with Gasteiger partial charge in [0.25, 0.3) is 0 Å². The minimum absolute atomic E-state index is 0.111. The lowest BCUT2D eigenvalue weighted by Gasteiger charge is -2.06. The fraction of sp³-hybridized carbons (Fsp3) is 0.895. The van der Waals surface area contributed by atoms with Gasteiger partial charge < -0.3 is 51.1 Å². The number of rotatable bonds is 24. The molecule has 52 heavy (non-hydrogen) atoms. The van der Waals surface area contributed by atoms with Crippen molar-refractivity contribution < 1.29 is 70.2 Å². The van der Waals surface area contributed by atoms with E-state index in [4.69, 9.17) is 51.1 Å². The van der Waals surface area contributed by atoms with E-state index >= 15 is 0 Å². The Hall–Kier alpha value is -2.36. The third-order valence-corrected chi connectivity index (χ3v) is 7.84. The van der Waals surface area contributed by atoms with Gasteiger partial charge in [0.05, 0.1) is 50.1 Å². The van der Waals surface area contributed by atoms with Crippen LogP contribution in [-0.2, 0) is 19.2 Å². The van der Waals surface area contributed by atoms with Crippen LogP contribution in [0.5, 0.6) is 0 Å². The molecule has 4 unspecified atom stereocenters. The van der Waals surface area contributed by atoms with Gasteiger partial charge in [-0.2, -0.15) is 0 Å². The van der Waals surface area contributed by atoms with Crippen molar-refractivity contribution in [2.24, 2.45) is 23.7 Å². The zero-order valence-corrected chi connectivity index (χ0v) is 33.7. The molecule has 10 N–H and O–H groups in total. The van der Waals surface area contributed by atoms with Gasteiger partial charge in [0.2, 0.25) is 0 Å². The lowest BCUT2D eigenvalue weighted by molar-refractivity contribution is -0.143. The van der Waals surface area contributed by atoms with E-state index in [2.05, 4.69) is 27.7 Å². The van der Waals surface area contributed by atoms with Crippen molar-refractivity contribution in [3.63, 3.8) is 0 Å². The quantitative estimate of drug-likeness (QED) is 0.0556. The summed E-state index contributed by atoms with van der Waals surface area (Å²) in [6, 6.07) is 0. The number of aliphatic hydroxyl groups is 6. The second-order valence-electron chi connectivity index (χ2n) is 12.4. The molecule has 0 amide bonds. The van der Waals surface area contributed by atoms with Gasteiger partial charge in [-0.25, -0.2) is 0 Å². The molecule has 4 atom stereocenters. The van der Waals surface area contributed by atoms with Gasteiger partial charge in [0.15, 0.2) is 0 Å². The van der Waals surface area contributed by atoms with E-state index in [1.807, 2.05) is 27.7 Å². The molecule has 0 aromatic rings. The highest BCUT2D eigenvalue weighted by Gasteiger charge is 2.15. The van der Waals surface area contributed by atoms with Crippen LogP contribution in [0.4, 0.5) is 0 Å². The number of carboxylic acids is 4. The van der Waals surface area contributed by atoms with Gasteiger partial charge in [-0.05, 0) is 51.4 Å². The molecule has 0 saturated heterocycles. The number of carbonyl (C=O) groups is 4. The van der Waals surface area contributed by atoms with Gasteiger partial charge >= 0.3 is 23.9 Å². The normalized spacial score (nSPS) is 12.3. The molecule has 0 aromatic carbocycles. The van der Waals surface area contributed by atoms with E-state index in [1.54, 1.807) is 0 Å². The Kier molecular flexibility index (Phi) is 57.7. The summed E-state index contributed by atoms with van der Waals surface area (Å²) in [6.07, 6.45) is 13.0. The molecular formula is C38H80O14. The van der Waals surface area contributed by atoms with Crippen LogP contribution in [0.2, 0.25) is 0 Å². The van der Waals surface area contributed by atoms with Crippen molar-refractivity contribution in [3.8, 4) is 0 Å². The first kappa shape index (κ1) is 61.7. The largest absolute Gasteiger partial charge is 0.481 e. The third-order valence-electron chi connectivity index (χ3n) is 7.84.